The molecular weight excluding hydrogens is 258 g/mol. The van der Waals surface area contributed by atoms with Crippen LogP contribution in [0.3, 0.4) is 0 Å². The first kappa shape index (κ1) is 12.3. The molecule has 7 heteroatoms. The molecule has 1 saturated heterocycles. The highest BCUT2D eigenvalue weighted by Gasteiger charge is 2.35. The molecular formula is C10H13N3O2S2. The fourth-order valence-electron chi connectivity index (χ4n) is 1.46. The Morgan fingerprint density at radius 1 is 1.24 bits per heavy atom. The second kappa shape index (κ2) is 4.59. The molecule has 0 saturated carbocycles. The lowest BCUT2D eigenvalue weighted by Crippen LogP contribution is -2.32. The third-order valence-electron chi connectivity index (χ3n) is 2.56. The number of ether oxygens (including phenoxy) is 1. The van der Waals surface area contributed by atoms with Crippen molar-refractivity contribution in [1.29, 1.82) is 0 Å². The highest BCUT2D eigenvalue weighted by atomic mass is 32.2. The Morgan fingerprint density at radius 2 is 1.82 bits per heavy atom. The van der Waals surface area contributed by atoms with Crippen LogP contribution in [0.15, 0.2) is 24.3 Å². The summed E-state index contributed by atoms with van der Waals surface area (Å²) >= 11 is 3.93. The van der Waals surface area contributed by atoms with Crippen molar-refractivity contribution >= 4 is 34.2 Å². The molecule has 1 fully saturated rings. The monoisotopic (exact) mass is 271 g/mol. The molecule has 5 nitrogen and oxygen atoms in total. The number of rotatable bonds is 2. The maximum absolute atomic E-state index is 12.1. The van der Waals surface area contributed by atoms with E-state index in [1.807, 2.05) is 24.3 Å². The van der Waals surface area contributed by atoms with Gasteiger partial charge in [0.1, 0.15) is 5.75 Å². The van der Waals surface area contributed by atoms with Crippen LogP contribution in [0.25, 0.3) is 0 Å². The van der Waals surface area contributed by atoms with Gasteiger partial charge in [0.2, 0.25) is 16.3 Å². The zero-order chi connectivity index (χ0) is 12.6. The van der Waals surface area contributed by atoms with E-state index >= 15 is 0 Å². The quantitative estimate of drug-likeness (QED) is 0.756. The van der Waals surface area contributed by atoms with Crippen molar-refractivity contribution in [1.82, 2.24) is 9.42 Å². The summed E-state index contributed by atoms with van der Waals surface area (Å²) < 4.78 is 20.3. The summed E-state index contributed by atoms with van der Waals surface area (Å²) in [5.41, 5.74) is 0.783. The first-order valence-electron chi connectivity index (χ1n) is 4.93. The van der Waals surface area contributed by atoms with Gasteiger partial charge in [0.25, 0.3) is 0 Å². The molecule has 0 amide bonds. The third-order valence-corrected chi connectivity index (χ3v) is 4.52. The zero-order valence-electron chi connectivity index (χ0n) is 9.78. The lowest BCUT2D eigenvalue weighted by molar-refractivity contribution is 0.251. The Balaban J connectivity index is 2.33. The van der Waals surface area contributed by atoms with Crippen LogP contribution < -0.4 is 9.04 Å². The molecule has 1 aromatic carbocycles. The largest absolute Gasteiger partial charge is 0.497 e. The molecule has 1 unspecified atom stereocenters. The maximum Gasteiger partial charge on any atom is 0.224 e. The summed E-state index contributed by atoms with van der Waals surface area (Å²) in [7, 11) is 5.12. The first-order chi connectivity index (χ1) is 8.06. The van der Waals surface area contributed by atoms with Crippen molar-refractivity contribution in [2.45, 2.75) is 0 Å². The molecule has 2 rings (SSSR count). The predicted octanol–water partition coefficient (Wildman–Crippen LogP) is 1.16. The van der Waals surface area contributed by atoms with Crippen LogP contribution in [0.1, 0.15) is 0 Å². The van der Waals surface area contributed by atoms with Crippen molar-refractivity contribution in [2.24, 2.45) is 0 Å². The lowest BCUT2D eigenvalue weighted by atomic mass is 10.3. The van der Waals surface area contributed by atoms with Crippen LogP contribution in [-0.2, 0) is 11.2 Å². The normalized spacial score (nSPS) is 21.1. The molecule has 0 N–H and O–H groups in total. The number of hydrogen-bond donors (Lipinski definition) is 0. The van der Waals surface area contributed by atoms with Gasteiger partial charge in [-0.1, -0.05) is 0 Å². The Morgan fingerprint density at radius 3 is 2.24 bits per heavy atom. The fraction of sp³-hybridized carbons (Fsp3) is 0.300. The van der Waals surface area contributed by atoms with Crippen LogP contribution in [0, 0.1) is 0 Å². The van der Waals surface area contributed by atoms with Crippen LogP contribution in [-0.4, -0.2) is 39.9 Å². The van der Waals surface area contributed by atoms with Crippen molar-refractivity contribution in [2.75, 3.05) is 25.5 Å². The maximum atomic E-state index is 12.1. The van der Waals surface area contributed by atoms with E-state index in [-0.39, 0.29) is 0 Å². The first-order valence-corrected chi connectivity index (χ1v) is 6.41. The summed E-state index contributed by atoms with van der Waals surface area (Å²) in [6.45, 7) is 0. The highest BCUT2D eigenvalue weighted by molar-refractivity contribution is 7.89. The SMILES string of the molecule is COc1ccc(N2C(=S)N(C)N(C)S2=O)cc1. The number of nitrogens with zero attached hydrogens (tertiary/aromatic N) is 3. The number of anilines is 1. The fourth-order valence-corrected chi connectivity index (χ4v) is 3.01. The average molecular weight is 271 g/mol. The number of methoxy groups -OCH3 is 1. The Labute approximate surface area is 108 Å². The van der Waals surface area contributed by atoms with Crippen LogP contribution in [0.5, 0.6) is 5.75 Å². The topological polar surface area (TPSA) is 36.0 Å². The van der Waals surface area contributed by atoms with Gasteiger partial charge in [-0.2, -0.15) is 0 Å². The Bertz CT molecular complexity index is 443. The molecule has 0 radical (unpaired) electrons. The molecule has 1 heterocycles. The van der Waals surface area contributed by atoms with Crippen LogP contribution >= 0.6 is 12.2 Å². The van der Waals surface area contributed by atoms with E-state index in [4.69, 9.17) is 17.0 Å². The van der Waals surface area contributed by atoms with Crippen molar-refractivity contribution < 1.29 is 8.95 Å². The smallest absolute Gasteiger partial charge is 0.224 e. The van der Waals surface area contributed by atoms with Gasteiger partial charge in [-0.25, -0.2) is 8.51 Å². The molecule has 0 spiro atoms. The standard InChI is InChI=1S/C10H13N3O2S2/c1-11-10(16)13(17(14)12(11)2)8-4-6-9(15-3)7-5-8/h4-7H,1-3H3. The van der Waals surface area contributed by atoms with Gasteiger partial charge in [0.05, 0.1) is 12.8 Å². The van der Waals surface area contributed by atoms with Crippen molar-refractivity contribution in [3.63, 3.8) is 0 Å². The van der Waals surface area contributed by atoms with E-state index in [2.05, 4.69) is 0 Å². The molecule has 1 aromatic rings. The van der Waals surface area contributed by atoms with E-state index in [1.165, 1.54) is 0 Å². The predicted molar refractivity (Wildman–Crippen MR) is 71.7 cm³/mol. The summed E-state index contributed by atoms with van der Waals surface area (Å²) in [5.74, 6) is 0.756. The minimum atomic E-state index is -1.31. The molecule has 0 bridgehead atoms. The molecule has 1 aliphatic rings. The molecule has 0 aliphatic carbocycles. The van der Waals surface area contributed by atoms with Gasteiger partial charge in [-0.05, 0) is 36.5 Å². The highest BCUT2D eigenvalue weighted by Crippen LogP contribution is 2.26. The lowest BCUT2D eigenvalue weighted by Gasteiger charge is -2.15. The van der Waals surface area contributed by atoms with E-state index in [1.54, 1.807) is 34.9 Å². The summed E-state index contributed by atoms with van der Waals surface area (Å²) in [6, 6.07) is 7.28. The van der Waals surface area contributed by atoms with Crippen molar-refractivity contribution in [3.05, 3.63) is 24.3 Å². The second-order valence-corrected chi connectivity index (χ2v) is 5.21. The molecule has 0 aromatic heterocycles. The van der Waals surface area contributed by atoms with Gasteiger partial charge >= 0.3 is 0 Å². The van der Waals surface area contributed by atoms with E-state index in [0.717, 1.165) is 11.4 Å². The van der Waals surface area contributed by atoms with Crippen LogP contribution in [0.2, 0.25) is 0 Å². The molecule has 1 aliphatic heterocycles. The number of benzene rings is 1. The zero-order valence-corrected chi connectivity index (χ0v) is 11.4. The third kappa shape index (κ3) is 2.01. The molecule has 17 heavy (non-hydrogen) atoms. The van der Waals surface area contributed by atoms with Crippen molar-refractivity contribution in [3.8, 4) is 5.75 Å². The van der Waals surface area contributed by atoms with Gasteiger partial charge < -0.3 is 4.74 Å². The average Bonchev–Trinajstić information content (AvgIpc) is 2.54. The van der Waals surface area contributed by atoms with Gasteiger partial charge in [-0.15, -0.1) is 4.41 Å². The second-order valence-electron chi connectivity index (χ2n) is 3.49. The number of hydrazine groups is 1. The van der Waals surface area contributed by atoms with Crippen LogP contribution in [0.4, 0.5) is 5.69 Å². The molecule has 92 valence electrons. The molecule has 1 atom stereocenters. The van der Waals surface area contributed by atoms with Gasteiger partial charge in [0.15, 0.2) is 0 Å². The van der Waals surface area contributed by atoms with Gasteiger partial charge in [-0.3, -0.25) is 5.01 Å². The van der Waals surface area contributed by atoms with E-state index in [0.29, 0.717) is 5.11 Å². The van der Waals surface area contributed by atoms with Gasteiger partial charge in [0, 0.05) is 14.1 Å². The minimum absolute atomic E-state index is 0.510. The van der Waals surface area contributed by atoms with E-state index in [9.17, 15) is 4.21 Å². The van der Waals surface area contributed by atoms with E-state index < -0.39 is 11.2 Å². The summed E-state index contributed by atoms with van der Waals surface area (Å²) in [5, 5.41) is 2.19. The minimum Gasteiger partial charge on any atom is -0.497 e. The Hall–Kier alpha value is -1.18. The summed E-state index contributed by atoms with van der Waals surface area (Å²) in [4.78, 5) is 0. The number of thiocarbonyl (C=S) groups is 1. The Kier molecular flexibility index (Phi) is 3.32. The summed E-state index contributed by atoms with van der Waals surface area (Å²) in [6.07, 6.45) is 0. The number of hydrogen-bond acceptors (Lipinski definition) is 3.